The minimum absolute atomic E-state index is 0.145. The highest BCUT2D eigenvalue weighted by atomic mass is 16.2. The van der Waals surface area contributed by atoms with Gasteiger partial charge in [0.2, 0.25) is 5.95 Å². The Balaban J connectivity index is 1.62. The molecule has 1 N–H and O–H groups in total. The highest BCUT2D eigenvalue weighted by Crippen LogP contribution is 2.17. The number of amides is 1. The van der Waals surface area contributed by atoms with E-state index in [1.54, 1.807) is 42.5 Å². The summed E-state index contributed by atoms with van der Waals surface area (Å²) in [6.07, 6.45) is 7.18. The van der Waals surface area contributed by atoms with E-state index in [2.05, 4.69) is 26.3 Å². The van der Waals surface area contributed by atoms with Crippen molar-refractivity contribution in [3.05, 3.63) is 77.9 Å². The van der Waals surface area contributed by atoms with Crippen molar-refractivity contribution in [2.24, 2.45) is 0 Å². The second kappa shape index (κ2) is 8.54. The number of hydrogen-bond donors (Lipinski definition) is 1. The van der Waals surface area contributed by atoms with Crippen LogP contribution < -0.4 is 5.32 Å². The number of para-hydroxylation sites is 1. The lowest BCUT2D eigenvalue weighted by molar-refractivity contribution is 0.0796. The van der Waals surface area contributed by atoms with Gasteiger partial charge in [0.05, 0.1) is 16.8 Å². The molecule has 7 nitrogen and oxygen atoms in total. The van der Waals surface area contributed by atoms with E-state index in [0.29, 0.717) is 29.3 Å². The van der Waals surface area contributed by atoms with E-state index in [1.165, 1.54) is 12.4 Å². The number of pyridine rings is 1. The lowest BCUT2D eigenvalue weighted by Crippen LogP contribution is -2.29. The molecule has 3 aromatic rings. The second-order valence-electron chi connectivity index (χ2n) is 5.91. The maximum Gasteiger partial charge on any atom is 0.256 e. The topological polar surface area (TPSA) is 94.8 Å². The Morgan fingerprint density at radius 2 is 1.85 bits per heavy atom. The molecule has 1 amide bonds. The number of carbonyl (C=O) groups is 1. The van der Waals surface area contributed by atoms with E-state index in [1.807, 2.05) is 18.2 Å². The van der Waals surface area contributed by atoms with Gasteiger partial charge in [-0.1, -0.05) is 12.1 Å². The highest BCUT2D eigenvalue weighted by molar-refractivity contribution is 5.93. The molecular formula is C20H18N6O. The summed E-state index contributed by atoms with van der Waals surface area (Å²) in [6.45, 7) is 0.582. The van der Waals surface area contributed by atoms with Crippen LogP contribution in [0.25, 0.3) is 0 Å². The van der Waals surface area contributed by atoms with Crippen molar-refractivity contribution in [3.8, 4) is 6.07 Å². The van der Waals surface area contributed by atoms with Gasteiger partial charge in [0.25, 0.3) is 5.91 Å². The molecule has 0 fully saturated rings. The molecule has 0 spiro atoms. The summed E-state index contributed by atoms with van der Waals surface area (Å²) in [5, 5.41) is 12.1. The minimum atomic E-state index is -0.145. The summed E-state index contributed by atoms with van der Waals surface area (Å²) in [5.41, 5.74) is 2.65. The normalized spacial score (nSPS) is 10.1. The van der Waals surface area contributed by atoms with Crippen LogP contribution in [0.1, 0.15) is 21.5 Å². The number of anilines is 2. The average Bonchev–Trinajstić information content (AvgIpc) is 2.73. The van der Waals surface area contributed by atoms with E-state index < -0.39 is 0 Å². The lowest BCUT2D eigenvalue weighted by atomic mass is 10.2. The summed E-state index contributed by atoms with van der Waals surface area (Å²) in [4.78, 5) is 26.5. The number of hydrogen-bond acceptors (Lipinski definition) is 6. The van der Waals surface area contributed by atoms with Gasteiger partial charge >= 0.3 is 0 Å². The van der Waals surface area contributed by atoms with Crippen molar-refractivity contribution in [1.82, 2.24) is 19.9 Å². The fourth-order valence-corrected chi connectivity index (χ4v) is 2.48. The summed E-state index contributed by atoms with van der Waals surface area (Å²) in [5.74, 6) is 0.182. The Morgan fingerprint density at radius 1 is 1.15 bits per heavy atom. The van der Waals surface area contributed by atoms with E-state index in [9.17, 15) is 4.79 Å². The first kappa shape index (κ1) is 18.0. The molecule has 27 heavy (non-hydrogen) atoms. The zero-order valence-electron chi connectivity index (χ0n) is 14.8. The van der Waals surface area contributed by atoms with Gasteiger partial charge in [-0.2, -0.15) is 5.26 Å². The third-order valence-electron chi connectivity index (χ3n) is 4.02. The Hall–Kier alpha value is -3.79. The molecule has 0 saturated carbocycles. The molecule has 134 valence electrons. The van der Waals surface area contributed by atoms with Crippen LogP contribution >= 0.6 is 0 Å². The number of nitriles is 1. The van der Waals surface area contributed by atoms with Gasteiger partial charge in [0, 0.05) is 38.4 Å². The van der Waals surface area contributed by atoms with Crippen molar-refractivity contribution >= 4 is 17.5 Å². The van der Waals surface area contributed by atoms with Crippen molar-refractivity contribution in [1.29, 1.82) is 5.26 Å². The first-order chi connectivity index (χ1) is 13.2. The van der Waals surface area contributed by atoms with Crippen molar-refractivity contribution in [2.45, 2.75) is 6.42 Å². The number of benzene rings is 1. The van der Waals surface area contributed by atoms with Crippen LogP contribution in [0.15, 0.2) is 61.2 Å². The maximum absolute atomic E-state index is 12.5. The smallest absolute Gasteiger partial charge is 0.256 e. The van der Waals surface area contributed by atoms with E-state index in [0.717, 1.165) is 12.0 Å². The summed E-state index contributed by atoms with van der Waals surface area (Å²) in [7, 11) is 1.75. The molecule has 3 rings (SSSR count). The third kappa shape index (κ3) is 4.64. The zero-order chi connectivity index (χ0) is 19.1. The minimum Gasteiger partial charge on any atom is -0.341 e. The molecule has 7 heteroatoms. The second-order valence-corrected chi connectivity index (χ2v) is 5.91. The third-order valence-corrected chi connectivity index (χ3v) is 4.02. The summed E-state index contributed by atoms with van der Waals surface area (Å²) >= 11 is 0. The van der Waals surface area contributed by atoms with Crippen LogP contribution in [0.2, 0.25) is 0 Å². The van der Waals surface area contributed by atoms with Gasteiger partial charge in [-0.15, -0.1) is 0 Å². The monoisotopic (exact) mass is 358 g/mol. The van der Waals surface area contributed by atoms with Crippen LogP contribution in [-0.4, -0.2) is 39.4 Å². The van der Waals surface area contributed by atoms with Crippen LogP contribution in [0.4, 0.5) is 11.6 Å². The molecule has 2 aromatic heterocycles. The van der Waals surface area contributed by atoms with Crippen LogP contribution in [0, 0.1) is 11.3 Å². The standard InChI is InChI=1S/C20H18N6O/c1-26(11-8-15-6-9-22-10-7-15)19(27)17-13-23-20(24-14-17)25-18-5-3-2-4-16(18)12-21/h2-7,9-10,13-14H,8,11H2,1H3,(H,23,24,25). The lowest BCUT2D eigenvalue weighted by Gasteiger charge is -2.17. The Morgan fingerprint density at radius 3 is 2.56 bits per heavy atom. The first-order valence-corrected chi connectivity index (χ1v) is 8.40. The van der Waals surface area contributed by atoms with Gasteiger partial charge in [-0.3, -0.25) is 9.78 Å². The largest absolute Gasteiger partial charge is 0.341 e. The fourth-order valence-electron chi connectivity index (χ4n) is 2.48. The average molecular weight is 358 g/mol. The van der Waals surface area contributed by atoms with Crippen LogP contribution in [-0.2, 0) is 6.42 Å². The van der Waals surface area contributed by atoms with Crippen molar-refractivity contribution < 1.29 is 4.79 Å². The Bertz CT molecular complexity index is 950. The zero-order valence-corrected chi connectivity index (χ0v) is 14.8. The molecule has 2 heterocycles. The number of carbonyl (C=O) groups excluding carboxylic acids is 1. The van der Waals surface area contributed by atoms with Crippen LogP contribution in [0.5, 0.6) is 0 Å². The molecule has 0 saturated heterocycles. The van der Waals surface area contributed by atoms with Gasteiger partial charge < -0.3 is 10.2 Å². The number of aromatic nitrogens is 3. The first-order valence-electron chi connectivity index (χ1n) is 8.40. The molecule has 0 aliphatic rings. The predicted octanol–water partition coefficient (Wildman–Crippen LogP) is 2.80. The molecule has 0 radical (unpaired) electrons. The number of nitrogens with one attached hydrogen (secondary N) is 1. The summed E-state index contributed by atoms with van der Waals surface area (Å²) in [6, 6.07) is 13.1. The molecule has 0 aliphatic heterocycles. The van der Waals surface area contributed by atoms with E-state index in [4.69, 9.17) is 5.26 Å². The maximum atomic E-state index is 12.5. The van der Waals surface area contributed by atoms with Gasteiger partial charge in [-0.05, 0) is 36.2 Å². The van der Waals surface area contributed by atoms with Crippen molar-refractivity contribution in [3.63, 3.8) is 0 Å². The Kier molecular flexibility index (Phi) is 5.70. The van der Waals surface area contributed by atoms with Crippen molar-refractivity contribution in [2.75, 3.05) is 18.9 Å². The molecule has 0 unspecified atom stereocenters. The Labute approximate surface area is 157 Å². The quantitative estimate of drug-likeness (QED) is 0.728. The predicted molar refractivity (Wildman–Crippen MR) is 101 cm³/mol. The number of nitrogens with zero attached hydrogens (tertiary/aromatic N) is 5. The molecule has 0 atom stereocenters. The van der Waals surface area contributed by atoms with Gasteiger partial charge in [-0.25, -0.2) is 9.97 Å². The molecule has 0 bridgehead atoms. The SMILES string of the molecule is CN(CCc1ccncc1)C(=O)c1cnc(Nc2ccccc2C#N)nc1. The van der Waals surface area contributed by atoms with Crippen LogP contribution in [0.3, 0.4) is 0 Å². The van der Waals surface area contributed by atoms with Gasteiger partial charge in [0.1, 0.15) is 6.07 Å². The number of rotatable bonds is 6. The van der Waals surface area contributed by atoms with E-state index >= 15 is 0 Å². The van der Waals surface area contributed by atoms with Gasteiger partial charge in [0.15, 0.2) is 0 Å². The molecule has 1 aromatic carbocycles. The fraction of sp³-hybridized carbons (Fsp3) is 0.150. The highest BCUT2D eigenvalue weighted by Gasteiger charge is 2.13. The summed E-state index contributed by atoms with van der Waals surface area (Å²) < 4.78 is 0. The van der Waals surface area contributed by atoms with E-state index in [-0.39, 0.29) is 5.91 Å². The molecule has 0 aliphatic carbocycles. The number of likely N-dealkylation sites (N-methyl/N-ethyl adjacent to an activating group) is 1. The molecular weight excluding hydrogens is 340 g/mol.